The van der Waals surface area contributed by atoms with E-state index >= 15 is 0 Å². The normalized spacial score (nSPS) is 12.6. The van der Waals surface area contributed by atoms with Crippen LogP contribution in [0.5, 0.6) is 11.5 Å². The Morgan fingerprint density at radius 3 is 1.65 bits per heavy atom. The quantitative estimate of drug-likeness (QED) is 0.119. The molecular formula is C59H39N5O. The summed E-state index contributed by atoms with van der Waals surface area (Å²) in [4.78, 5) is 4.74. The van der Waals surface area contributed by atoms with Crippen LogP contribution in [0, 0.1) is 6.33 Å². The van der Waals surface area contributed by atoms with Crippen LogP contribution in [0.15, 0.2) is 219 Å². The minimum Gasteiger partial charge on any atom is -0.458 e. The van der Waals surface area contributed by atoms with E-state index in [1.165, 1.54) is 4.57 Å². The first kappa shape index (κ1) is 33.8. The lowest BCUT2D eigenvalue weighted by Crippen LogP contribution is -2.27. The van der Waals surface area contributed by atoms with E-state index in [4.69, 9.17) is 13.8 Å². The molecular weight excluding hydrogens is 795 g/mol. The molecule has 0 aliphatic heterocycles. The SMILES string of the molecule is [2H]C([2H])([2H])[n+]1[c-]n(-c2cccc(Oc3cccc(-c4cc5ccccc5cn4)c3)c2)c2cccc(-c3c(-n4c5ccccc5c5ccccc54)cccc3-n3c4ccccc4c4ccccc43)c21. The molecule has 0 atom stereocenters. The van der Waals surface area contributed by atoms with Crippen molar-refractivity contribution in [3.05, 3.63) is 225 Å². The summed E-state index contributed by atoms with van der Waals surface area (Å²) in [6.07, 6.45) is 5.21. The van der Waals surface area contributed by atoms with Gasteiger partial charge in [-0.25, -0.2) is 0 Å². The molecule has 9 aromatic carbocycles. The highest BCUT2D eigenvalue weighted by molar-refractivity contribution is 6.12. The number of imidazole rings is 1. The van der Waals surface area contributed by atoms with Crippen molar-refractivity contribution in [2.75, 3.05) is 0 Å². The average Bonchev–Trinajstić information content (AvgIpc) is 4.05. The number of fused-ring (bicyclic) bond motifs is 8. The standard InChI is InChI=1S/C59H39N5O/c1-61-38-62(42-19-13-21-44(36-42)65-43-20-12-18-40(34-43)50-35-39-16-2-3-17-41(39)37-60-50)57-33-14-26-49(59(57)61)58-55(63-51-27-8-4-22-45(51)46-23-5-9-28-52(46)63)31-15-32-56(58)64-53-29-10-6-24-47(53)48-25-7-11-30-54(48)64/h2-37H,1H3/i1D3. The van der Waals surface area contributed by atoms with E-state index < -0.39 is 6.98 Å². The average molecular weight is 837 g/mol. The van der Waals surface area contributed by atoms with Crippen LogP contribution < -0.4 is 9.30 Å². The van der Waals surface area contributed by atoms with Crippen molar-refractivity contribution in [2.45, 2.75) is 0 Å². The molecule has 0 aliphatic rings. The molecule has 0 N–H and O–H groups in total. The number of aromatic nitrogens is 5. The summed E-state index contributed by atoms with van der Waals surface area (Å²) in [6, 6.07) is 72.2. The van der Waals surface area contributed by atoms with E-state index in [2.05, 4.69) is 149 Å². The first-order valence-corrected chi connectivity index (χ1v) is 21.7. The van der Waals surface area contributed by atoms with Gasteiger partial charge in [0.2, 0.25) is 6.33 Å². The number of benzene rings is 9. The second-order valence-electron chi connectivity index (χ2n) is 16.4. The van der Waals surface area contributed by atoms with Crippen LogP contribution in [0.4, 0.5) is 0 Å². The number of aryl methyl sites for hydroxylation is 1. The summed E-state index contributed by atoms with van der Waals surface area (Å²) >= 11 is 0. The van der Waals surface area contributed by atoms with Crippen molar-refractivity contribution in [3.63, 3.8) is 0 Å². The summed E-state index contributed by atoms with van der Waals surface area (Å²) in [5.74, 6) is 1.23. The van der Waals surface area contributed by atoms with Crippen LogP contribution in [0.3, 0.4) is 0 Å². The third kappa shape index (κ3) is 5.88. The zero-order valence-corrected chi connectivity index (χ0v) is 34.9. The van der Waals surface area contributed by atoms with Crippen molar-refractivity contribution in [1.82, 2.24) is 18.7 Å². The molecule has 4 heterocycles. The Hall–Kier alpha value is -8.74. The van der Waals surface area contributed by atoms with Crippen LogP contribution in [0.2, 0.25) is 0 Å². The van der Waals surface area contributed by atoms with Gasteiger partial charge in [-0.2, -0.15) is 0 Å². The molecule has 0 fully saturated rings. The second-order valence-corrected chi connectivity index (χ2v) is 16.4. The van der Waals surface area contributed by atoms with Gasteiger partial charge in [0.25, 0.3) is 0 Å². The number of para-hydroxylation sites is 5. The van der Waals surface area contributed by atoms with E-state index in [9.17, 15) is 0 Å². The third-order valence-corrected chi connectivity index (χ3v) is 12.7. The van der Waals surface area contributed by atoms with Crippen molar-refractivity contribution in [1.29, 1.82) is 0 Å². The topological polar surface area (TPSA) is 40.8 Å². The first-order valence-electron chi connectivity index (χ1n) is 23.2. The summed E-state index contributed by atoms with van der Waals surface area (Å²) in [7, 11) is 0. The summed E-state index contributed by atoms with van der Waals surface area (Å²) in [5.41, 5.74) is 11.3. The molecule has 0 aliphatic carbocycles. The fraction of sp³-hybridized carbons (Fsp3) is 0.0169. The van der Waals surface area contributed by atoms with E-state index in [1.807, 2.05) is 89.6 Å². The Labute approximate surface area is 378 Å². The number of hydrogen-bond acceptors (Lipinski definition) is 2. The first-order chi connectivity index (χ1) is 33.4. The molecule has 13 aromatic rings. The molecule has 0 amide bonds. The van der Waals surface area contributed by atoms with Crippen molar-refractivity contribution >= 4 is 65.4 Å². The highest BCUT2D eigenvalue weighted by atomic mass is 16.5. The zero-order valence-electron chi connectivity index (χ0n) is 37.9. The third-order valence-electron chi connectivity index (χ3n) is 12.7. The number of ether oxygens (including phenoxy) is 1. The monoisotopic (exact) mass is 836 g/mol. The van der Waals surface area contributed by atoms with Crippen molar-refractivity contribution in [3.8, 4) is 50.9 Å². The lowest BCUT2D eigenvalue weighted by Gasteiger charge is -2.21. The van der Waals surface area contributed by atoms with Gasteiger partial charge in [0, 0.05) is 44.3 Å². The van der Waals surface area contributed by atoms with Crippen LogP contribution in [0.1, 0.15) is 4.11 Å². The van der Waals surface area contributed by atoms with Gasteiger partial charge in [-0.3, -0.25) is 4.98 Å². The summed E-state index contributed by atoms with van der Waals surface area (Å²) in [6.45, 7) is -2.60. The molecule has 0 saturated heterocycles. The van der Waals surface area contributed by atoms with Gasteiger partial charge in [-0.1, -0.05) is 146 Å². The molecule has 65 heavy (non-hydrogen) atoms. The maximum absolute atomic E-state index is 9.05. The molecule has 0 bridgehead atoms. The number of rotatable bonds is 7. The second kappa shape index (κ2) is 14.7. The van der Waals surface area contributed by atoms with Gasteiger partial charge in [-0.05, 0) is 77.7 Å². The fourth-order valence-electron chi connectivity index (χ4n) is 9.87. The van der Waals surface area contributed by atoms with Gasteiger partial charge >= 0.3 is 0 Å². The Balaban J connectivity index is 1.03. The zero-order chi connectivity index (χ0) is 45.5. The maximum Gasteiger partial charge on any atom is 0.244 e. The molecule has 6 nitrogen and oxygen atoms in total. The maximum atomic E-state index is 9.05. The van der Waals surface area contributed by atoms with Gasteiger partial charge in [-0.15, -0.1) is 0 Å². The highest BCUT2D eigenvalue weighted by Crippen LogP contribution is 2.43. The van der Waals surface area contributed by atoms with E-state index in [1.54, 1.807) is 0 Å². The van der Waals surface area contributed by atoms with E-state index in [-0.39, 0.29) is 0 Å². The minimum absolute atomic E-state index is 0.518. The van der Waals surface area contributed by atoms with Gasteiger partial charge in [0.1, 0.15) is 11.5 Å². The van der Waals surface area contributed by atoms with Crippen LogP contribution >= 0.6 is 0 Å². The minimum atomic E-state index is -2.60. The summed E-state index contributed by atoms with van der Waals surface area (Å²) < 4.78 is 41.5. The Morgan fingerprint density at radius 1 is 0.492 bits per heavy atom. The molecule has 0 radical (unpaired) electrons. The predicted octanol–water partition coefficient (Wildman–Crippen LogP) is 14.1. The van der Waals surface area contributed by atoms with Crippen LogP contribution in [0.25, 0.3) is 105 Å². The lowest BCUT2D eigenvalue weighted by molar-refractivity contribution is -0.649. The van der Waals surface area contributed by atoms with Gasteiger partial charge in [0.15, 0.2) is 0 Å². The van der Waals surface area contributed by atoms with E-state index in [0.29, 0.717) is 28.2 Å². The lowest BCUT2D eigenvalue weighted by atomic mass is 9.98. The highest BCUT2D eigenvalue weighted by Gasteiger charge is 2.24. The summed E-state index contributed by atoms with van der Waals surface area (Å²) in [5, 5.41) is 6.72. The van der Waals surface area contributed by atoms with Crippen LogP contribution in [-0.2, 0) is 6.98 Å². The smallest absolute Gasteiger partial charge is 0.244 e. The Bertz CT molecular complexity index is 3900. The molecule has 0 spiro atoms. The fourth-order valence-corrected chi connectivity index (χ4v) is 9.87. The number of nitrogens with zero attached hydrogens (tertiary/aromatic N) is 5. The number of hydrogen-bond donors (Lipinski definition) is 0. The number of pyridine rings is 1. The largest absolute Gasteiger partial charge is 0.458 e. The van der Waals surface area contributed by atoms with E-state index in [0.717, 1.165) is 88.1 Å². The Kier molecular flexibility index (Phi) is 7.64. The van der Waals surface area contributed by atoms with Crippen LogP contribution in [-0.4, -0.2) is 18.7 Å². The Morgan fingerprint density at radius 2 is 1.02 bits per heavy atom. The molecule has 0 unspecified atom stereocenters. The van der Waals surface area contributed by atoms with Crippen molar-refractivity contribution < 1.29 is 13.4 Å². The molecule has 4 aromatic heterocycles. The molecule has 0 saturated carbocycles. The predicted molar refractivity (Wildman–Crippen MR) is 265 cm³/mol. The molecule has 6 heteroatoms. The van der Waals surface area contributed by atoms with Gasteiger partial charge < -0.3 is 23.0 Å². The van der Waals surface area contributed by atoms with Gasteiger partial charge in [0.05, 0.1) is 66.9 Å². The molecule has 13 rings (SSSR count). The van der Waals surface area contributed by atoms with Crippen molar-refractivity contribution in [2.24, 2.45) is 6.98 Å². The molecule has 306 valence electrons.